The summed E-state index contributed by atoms with van der Waals surface area (Å²) in [5.74, 6) is -6.79. The Kier molecular flexibility index (Phi) is 5.35. The first kappa shape index (κ1) is 19.0. The largest absolute Gasteiger partial charge is 0.321 e. The number of nitrogens with one attached hydrogen (secondary N) is 2. The van der Waals surface area contributed by atoms with Gasteiger partial charge in [-0.1, -0.05) is 6.07 Å². The highest BCUT2D eigenvalue weighted by Gasteiger charge is 2.17. The lowest BCUT2D eigenvalue weighted by Crippen LogP contribution is -2.17. The van der Waals surface area contributed by atoms with Gasteiger partial charge in [0.05, 0.1) is 5.69 Å². The smallest absolute Gasteiger partial charge is 0.274 e. The van der Waals surface area contributed by atoms with E-state index in [0.29, 0.717) is 6.07 Å². The van der Waals surface area contributed by atoms with Gasteiger partial charge in [0, 0.05) is 17.4 Å². The molecule has 0 bridgehead atoms. The first-order chi connectivity index (χ1) is 13.3. The Balaban J connectivity index is 1.78. The standard InChI is InChI=1S/C19H11F4N3O2/c20-11-2-1-3-12(9-11)25-19(28)15-8-10(6-7-24-15)18(27)26-14-5-4-13(21)16(22)17(14)23/h1-9H,(H,25,28)(H,26,27). The second kappa shape index (κ2) is 7.87. The molecule has 0 atom stereocenters. The molecule has 0 aliphatic carbocycles. The molecule has 28 heavy (non-hydrogen) atoms. The quantitative estimate of drug-likeness (QED) is 0.520. The topological polar surface area (TPSA) is 71.1 Å². The zero-order valence-corrected chi connectivity index (χ0v) is 14.0. The number of rotatable bonds is 4. The van der Waals surface area contributed by atoms with Crippen molar-refractivity contribution in [2.24, 2.45) is 0 Å². The summed E-state index contributed by atoms with van der Waals surface area (Å²) < 4.78 is 53.1. The molecule has 0 unspecified atom stereocenters. The van der Waals surface area contributed by atoms with Crippen molar-refractivity contribution in [2.75, 3.05) is 10.6 Å². The molecule has 0 spiro atoms. The molecule has 1 heterocycles. The van der Waals surface area contributed by atoms with Crippen molar-refractivity contribution >= 4 is 23.2 Å². The van der Waals surface area contributed by atoms with Crippen LogP contribution in [-0.2, 0) is 0 Å². The molecule has 3 aromatic rings. The van der Waals surface area contributed by atoms with Crippen LogP contribution >= 0.6 is 0 Å². The van der Waals surface area contributed by atoms with Crippen LogP contribution in [0.4, 0.5) is 28.9 Å². The Morgan fingerprint density at radius 1 is 0.821 bits per heavy atom. The molecule has 0 aliphatic rings. The summed E-state index contributed by atoms with van der Waals surface area (Å²) in [7, 11) is 0. The molecule has 0 saturated heterocycles. The summed E-state index contributed by atoms with van der Waals surface area (Å²) in [5, 5.41) is 4.50. The Morgan fingerprint density at radius 3 is 2.36 bits per heavy atom. The lowest BCUT2D eigenvalue weighted by Gasteiger charge is -2.09. The molecule has 142 valence electrons. The molecule has 0 aliphatic heterocycles. The highest BCUT2D eigenvalue weighted by Crippen LogP contribution is 2.20. The third-order valence-corrected chi connectivity index (χ3v) is 3.62. The molecule has 1 aromatic heterocycles. The van der Waals surface area contributed by atoms with Gasteiger partial charge in [-0.25, -0.2) is 17.6 Å². The first-order valence-electron chi connectivity index (χ1n) is 7.83. The van der Waals surface area contributed by atoms with E-state index in [1.807, 2.05) is 0 Å². The number of nitrogens with zero attached hydrogens (tertiary/aromatic N) is 1. The van der Waals surface area contributed by atoms with Gasteiger partial charge in [-0.3, -0.25) is 14.6 Å². The molecule has 0 saturated carbocycles. The Morgan fingerprint density at radius 2 is 1.61 bits per heavy atom. The van der Waals surface area contributed by atoms with Crippen LogP contribution in [0.15, 0.2) is 54.7 Å². The zero-order chi connectivity index (χ0) is 20.3. The van der Waals surface area contributed by atoms with Crippen molar-refractivity contribution in [1.29, 1.82) is 0 Å². The third kappa shape index (κ3) is 4.14. The number of halogens is 4. The summed E-state index contributed by atoms with van der Waals surface area (Å²) in [5.41, 5.74) is -0.622. The third-order valence-electron chi connectivity index (χ3n) is 3.62. The zero-order valence-electron chi connectivity index (χ0n) is 14.0. The van der Waals surface area contributed by atoms with E-state index >= 15 is 0 Å². The molecular weight excluding hydrogens is 378 g/mol. The molecule has 2 amide bonds. The number of anilines is 2. The number of carbonyl (C=O) groups excluding carboxylic acids is 2. The van der Waals surface area contributed by atoms with E-state index in [1.54, 1.807) is 0 Å². The summed E-state index contributed by atoms with van der Waals surface area (Å²) in [6, 6.07) is 9.05. The van der Waals surface area contributed by atoms with Gasteiger partial charge in [-0.15, -0.1) is 0 Å². The summed E-state index contributed by atoms with van der Waals surface area (Å²) in [6.07, 6.45) is 1.16. The van der Waals surface area contributed by atoms with Gasteiger partial charge < -0.3 is 10.6 Å². The maximum Gasteiger partial charge on any atom is 0.274 e. The van der Waals surface area contributed by atoms with Crippen LogP contribution in [0.5, 0.6) is 0 Å². The van der Waals surface area contributed by atoms with Gasteiger partial charge in [0.2, 0.25) is 0 Å². The maximum absolute atomic E-state index is 13.7. The van der Waals surface area contributed by atoms with Crippen molar-refractivity contribution in [2.45, 2.75) is 0 Å². The molecule has 0 radical (unpaired) electrons. The van der Waals surface area contributed by atoms with Crippen LogP contribution in [-0.4, -0.2) is 16.8 Å². The monoisotopic (exact) mass is 389 g/mol. The van der Waals surface area contributed by atoms with Gasteiger partial charge in [-0.2, -0.15) is 0 Å². The average molecular weight is 389 g/mol. The minimum Gasteiger partial charge on any atom is -0.321 e. The molecule has 0 fully saturated rings. The number of hydrogen-bond acceptors (Lipinski definition) is 3. The van der Waals surface area contributed by atoms with E-state index in [4.69, 9.17) is 0 Å². The SMILES string of the molecule is O=C(Nc1ccc(F)c(F)c1F)c1ccnc(C(=O)Nc2cccc(F)c2)c1. The lowest BCUT2D eigenvalue weighted by atomic mass is 10.2. The fourth-order valence-corrected chi connectivity index (χ4v) is 2.27. The predicted molar refractivity (Wildman–Crippen MR) is 92.9 cm³/mol. The van der Waals surface area contributed by atoms with E-state index in [0.717, 1.165) is 24.4 Å². The second-order valence-corrected chi connectivity index (χ2v) is 5.57. The van der Waals surface area contributed by atoms with Crippen LogP contribution in [0, 0.1) is 23.3 Å². The van der Waals surface area contributed by atoms with Crippen LogP contribution in [0.1, 0.15) is 20.8 Å². The molecule has 2 N–H and O–H groups in total. The van der Waals surface area contributed by atoms with E-state index in [2.05, 4.69) is 15.6 Å². The van der Waals surface area contributed by atoms with Crippen LogP contribution in [0.3, 0.4) is 0 Å². The maximum atomic E-state index is 13.7. The van der Waals surface area contributed by atoms with E-state index in [9.17, 15) is 27.2 Å². The van der Waals surface area contributed by atoms with Gasteiger partial charge in [0.15, 0.2) is 17.5 Å². The average Bonchev–Trinajstić information content (AvgIpc) is 2.68. The first-order valence-corrected chi connectivity index (χ1v) is 7.83. The fourth-order valence-electron chi connectivity index (χ4n) is 2.27. The van der Waals surface area contributed by atoms with Crippen LogP contribution in [0.25, 0.3) is 0 Å². The van der Waals surface area contributed by atoms with Crippen molar-refractivity contribution < 1.29 is 27.2 Å². The van der Waals surface area contributed by atoms with E-state index in [-0.39, 0.29) is 16.9 Å². The number of hydrogen-bond donors (Lipinski definition) is 2. The van der Waals surface area contributed by atoms with Gasteiger partial charge in [0.1, 0.15) is 11.5 Å². The number of benzene rings is 2. The summed E-state index contributed by atoms with van der Waals surface area (Å²) >= 11 is 0. The minimum absolute atomic E-state index is 0.0801. The van der Waals surface area contributed by atoms with Crippen molar-refractivity contribution in [1.82, 2.24) is 4.98 Å². The van der Waals surface area contributed by atoms with Crippen molar-refractivity contribution in [3.63, 3.8) is 0 Å². The summed E-state index contributed by atoms with van der Waals surface area (Å²) in [4.78, 5) is 28.3. The minimum atomic E-state index is -1.72. The Labute approximate surface area is 156 Å². The fraction of sp³-hybridized carbons (Fsp3) is 0. The Bertz CT molecular complexity index is 1070. The lowest BCUT2D eigenvalue weighted by molar-refractivity contribution is 0.102. The number of carbonyl (C=O) groups is 2. The van der Waals surface area contributed by atoms with E-state index in [1.165, 1.54) is 24.3 Å². The summed E-state index contributed by atoms with van der Waals surface area (Å²) in [6.45, 7) is 0. The molecular formula is C19H11F4N3O2. The van der Waals surface area contributed by atoms with Crippen LogP contribution in [0.2, 0.25) is 0 Å². The number of amides is 2. The number of pyridine rings is 1. The highest BCUT2D eigenvalue weighted by atomic mass is 19.2. The van der Waals surface area contributed by atoms with E-state index < -0.39 is 40.8 Å². The molecule has 3 rings (SSSR count). The number of aromatic nitrogens is 1. The van der Waals surface area contributed by atoms with Crippen molar-refractivity contribution in [3.8, 4) is 0 Å². The molecule has 5 nitrogen and oxygen atoms in total. The van der Waals surface area contributed by atoms with Crippen molar-refractivity contribution in [3.05, 3.63) is 89.3 Å². The van der Waals surface area contributed by atoms with Gasteiger partial charge in [0.25, 0.3) is 11.8 Å². The Hall–Kier alpha value is -3.75. The highest BCUT2D eigenvalue weighted by molar-refractivity contribution is 6.07. The normalized spacial score (nSPS) is 10.4. The van der Waals surface area contributed by atoms with Gasteiger partial charge >= 0.3 is 0 Å². The predicted octanol–water partition coefficient (Wildman–Crippen LogP) is 4.14. The molecule has 9 heteroatoms. The second-order valence-electron chi connectivity index (χ2n) is 5.57. The van der Waals surface area contributed by atoms with Crippen LogP contribution < -0.4 is 10.6 Å². The molecule has 2 aromatic carbocycles. The van der Waals surface area contributed by atoms with Gasteiger partial charge in [-0.05, 0) is 42.5 Å².